The fraction of sp³-hybridized carbons (Fsp3) is 0.296. The maximum Gasteiger partial charge on any atom is 0.334 e. The molecule has 0 fully saturated rings. The SMILES string of the molecule is COc1ccc(C(OCCOC(CN)C(=O)O)(c2ccc(OC)cc2)c2ccc(OC)cc2)cc1. The van der Waals surface area contributed by atoms with Crippen molar-refractivity contribution in [2.24, 2.45) is 5.73 Å². The molecule has 0 aliphatic rings. The van der Waals surface area contributed by atoms with E-state index in [1.165, 1.54) is 0 Å². The first-order chi connectivity index (χ1) is 17.0. The summed E-state index contributed by atoms with van der Waals surface area (Å²) in [5, 5.41) is 9.23. The van der Waals surface area contributed by atoms with Gasteiger partial charge in [0.25, 0.3) is 0 Å². The predicted octanol–water partition coefficient (Wildman–Crippen LogP) is 3.45. The summed E-state index contributed by atoms with van der Waals surface area (Å²) >= 11 is 0. The largest absolute Gasteiger partial charge is 0.497 e. The number of carboxylic acid groups (broad SMARTS) is 1. The third-order valence-corrected chi connectivity index (χ3v) is 5.70. The maximum atomic E-state index is 11.3. The number of carbonyl (C=O) groups is 1. The number of ether oxygens (including phenoxy) is 5. The van der Waals surface area contributed by atoms with Crippen LogP contribution in [0.15, 0.2) is 72.8 Å². The molecule has 0 saturated heterocycles. The Kier molecular flexibility index (Phi) is 9.08. The highest BCUT2D eigenvalue weighted by Gasteiger charge is 2.38. The smallest absolute Gasteiger partial charge is 0.334 e. The molecule has 186 valence electrons. The van der Waals surface area contributed by atoms with Gasteiger partial charge in [0.05, 0.1) is 34.5 Å². The Balaban J connectivity index is 2.09. The fourth-order valence-electron chi connectivity index (χ4n) is 3.85. The highest BCUT2D eigenvalue weighted by Crippen LogP contribution is 2.42. The Labute approximate surface area is 205 Å². The molecular formula is C27H31NO7. The van der Waals surface area contributed by atoms with Crippen LogP contribution in [0.1, 0.15) is 16.7 Å². The van der Waals surface area contributed by atoms with Crippen molar-refractivity contribution in [3.8, 4) is 17.2 Å². The summed E-state index contributed by atoms with van der Waals surface area (Å²) in [6.45, 7) is 0.0160. The molecule has 8 heteroatoms. The molecule has 0 radical (unpaired) electrons. The van der Waals surface area contributed by atoms with Gasteiger partial charge < -0.3 is 34.5 Å². The molecule has 1 unspecified atom stereocenters. The van der Waals surface area contributed by atoms with Crippen molar-refractivity contribution in [1.29, 1.82) is 0 Å². The van der Waals surface area contributed by atoms with E-state index < -0.39 is 17.7 Å². The van der Waals surface area contributed by atoms with Gasteiger partial charge in [-0.2, -0.15) is 0 Å². The summed E-state index contributed by atoms with van der Waals surface area (Å²) in [5.74, 6) is 1.02. The Bertz CT molecular complexity index is 951. The first-order valence-electron chi connectivity index (χ1n) is 11.1. The number of hydrogen-bond donors (Lipinski definition) is 2. The molecule has 0 aromatic heterocycles. The van der Waals surface area contributed by atoms with Gasteiger partial charge in [0.2, 0.25) is 0 Å². The Morgan fingerprint density at radius 2 is 1.11 bits per heavy atom. The van der Waals surface area contributed by atoms with Crippen molar-refractivity contribution < 1.29 is 33.6 Å². The molecule has 8 nitrogen and oxygen atoms in total. The van der Waals surface area contributed by atoms with Crippen LogP contribution < -0.4 is 19.9 Å². The van der Waals surface area contributed by atoms with Gasteiger partial charge in [0, 0.05) is 6.54 Å². The van der Waals surface area contributed by atoms with Crippen molar-refractivity contribution in [2.75, 3.05) is 41.1 Å². The number of benzene rings is 3. The van der Waals surface area contributed by atoms with Crippen LogP contribution >= 0.6 is 0 Å². The number of hydrogen-bond acceptors (Lipinski definition) is 7. The summed E-state index contributed by atoms with van der Waals surface area (Å²) in [7, 11) is 4.83. The molecule has 0 amide bonds. The number of rotatable bonds is 13. The van der Waals surface area contributed by atoms with Crippen molar-refractivity contribution in [1.82, 2.24) is 0 Å². The topological polar surface area (TPSA) is 109 Å². The molecule has 0 bridgehead atoms. The van der Waals surface area contributed by atoms with Gasteiger partial charge >= 0.3 is 5.97 Å². The molecular weight excluding hydrogens is 450 g/mol. The standard InChI is InChI=1S/C27H31NO7/c1-31-22-10-4-19(5-11-22)27(20-6-12-23(32-2)13-7-20,21-8-14-24(33-3)15-9-21)35-17-16-34-25(18-28)26(29)30/h4-15,25H,16-18,28H2,1-3H3,(H,29,30). The Morgan fingerprint density at radius 1 is 0.743 bits per heavy atom. The predicted molar refractivity (Wildman–Crippen MR) is 131 cm³/mol. The van der Waals surface area contributed by atoms with Gasteiger partial charge in [-0.25, -0.2) is 4.79 Å². The normalized spacial score (nSPS) is 12.1. The number of aliphatic carboxylic acids is 1. The van der Waals surface area contributed by atoms with E-state index in [0.29, 0.717) is 17.2 Å². The van der Waals surface area contributed by atoms with E-state index in [-0.39, 0.29) is 19.8 Å². The number of methoxy groups -OCH3 is 3. The second kappa shape index (κ2) is 12.2. The number of carboxylic acids is 1. The average molecular weight is 482 g/mol. The van der Waals surface area contributed by atoms with Crippen molar-refractivity contribution >= 4 is 5.97 Å². The molecule has 0 aliphatic heterocycles. The molecule has 35 heavy (non-hydrogen) atoms. The van der Waals surface area contributed by atoms with E-state index in [2.05, 4.69) is 0 Å². The minimum absolute atomic E-state index is 0.0401. The lowest BCUT2D eigenvalue weighted by molar-refractivity contribution is -0.151. The summed E-state index contributed by atoms with van der Waals surface area (Å²) in [6, 6.07) is 22.8. The van der Waals surface area contributed by atoms with Crippen LogP contribution in [0, 0.1) is 0 Å². The van der Waals surface area contributed by atoms with Crippen molar-refractivity contribution in [2.45, 2.75) is 11.7 Å². The molecule has 1 atom stereocenters. The highest BCUT2D eigenvalue weighted by atomic mass is 16.6. The second-order valence-electron chi connectivity index (χ2n) is 7.65. The van der Waals surface area contributed by atoms with E-state index >= 15 is 0 Å². The van der Waals surface area contributed by atoms with Crippen LogP contribution in [0.2, 0.25) is 0 Å². The minimum Gasteiger partial charge on any atom is -0.497 e. The second-order valence-corrected chi connectivity index (χ2v) is 7.65. The summed E-state index contributed by atoms with van der Waals surface area (Å²) in [4.78, 5) is 11.3. The maximum absolute atomic E-state index is 11.3. The molecule has 3 aromatic carbocycles. The van der Waals surface area contributed by atoms with Gasteiger partial charge in [0.1, 0.15) is 22.8 Å². The van der Waals surface area contributed by atoms with E-state index in [1.807, 2.05) is 72.8 Å². The Hall–Kier alpha value is -3.59. The molecule has 3 aromatic rings. The lowest BCUT2D eigenvalue weighted by atomic mass is 9.80. The lowest BCUT2D eigenvalue weighted by Crippen LogP contribution is -2.36. The quantitative estimate of drug-likeness (QED) is 0.282. The van der Waals surface area contributed by atoms with Gasteiger partial charge in [-0.15, -0.1) is 0 Å². The van der Waals surface area contributed by atoms with Crippen LogP contribution in [0.3, 0.4) is 0 Å². The van der Waals surface area contributed by atoms with E-state index in [0.717, 1.165) is 16.7 Å². The third kappa shape index (κ3) is 5.92. The van der Waals surface area contributed by atoms with Crippen LogP contribution in [0.4, 0.5) is 0 Å². The third-order valence-electron chi connectivity index (χ3n) is 5.70. The van der Waals surface area contributed by atoms with Gasteiger partial charge in [-0.1, -0.05) is 36.4 Å². The van der Waals surface area contributed by atoms with E-state index in [1.54, 1.807) is 21.3 Å². The molecule has 0 aliphatic carbocycles. The molecule has 0 saturated carbocycles. The molecule has 3 rings (SSSR count). The number of nitrogens with two attached hydrogens (primary N) is 1. The fourth-order valence-corrected chi connectivity index (χ4v) is 3.85. The van der Waals surface area contributed by atoms with Crippen LogP contribution in [0.5, 0.6) is 17.2 Å². The van der Waals surface area contributed by atoms with Crippen LogP contribution in [-0.2, 0) is 19.9 Å². The van der Waals surface area contributed by atoms with Crippen LogP contribution in [-0.4, -0.2) is 58.3 Å². The average Bonchev–Trinajstić information content (AvgIpc) is 2.91. The van der Waals surface area contributed by atoms with E-state index in [4.69, 9.17) is 29.4 Å². The van der Waals surface area contributed by atoms with Crippen LogP contribution in [0.25, 0.3) is 0 Å². The summed E-state index contributed by atoms with van der Waals surface area (Å²) in [6.07, 6.45) is -1.10. The summed E-state index contributed by atoms with van der Waals surface area (Å²) < 4.78 is 28.1. The minimum atomic E-state index is -1.11. The Morgan fingerprint density at radius 3 is 1.40 bits per heavy atom. The van der Waals surface area contributed by atoms with Gasteiger partial charge in [-0.05, 0) is 53.1 Å². The van der Waals surface area contributed by atoms with Gasteiger partial charge in [-0.3, -0.25) is 0 Å². The summed E-state index contributed by atoms with van der Waals surface area (Å²) in [5.41, 5.74) is 7.02. The zero-order valence-electron chi connectivity index (χ0n) is 20.1. The van der Waals surface area contributed by atoms with Crippen molar-refractivity contribution in [3.05, 3.63) is 89.5 Å². The van der Waals surface area contributed by atoms with E-state index in [9.17, 15) is 9.90 Å². The first-order valence-corrected chi connectivity index (χ1v) is 11.1. The zero-order valence-corrected chi connectivity index (χ0v) is 20.1. The zero-order chi connectivity index (χ0) is 25.3. The molecule has 0 heterocycles. The highest BCUT2D eigenvalue weighted by molar-refractivity contribution is 5.72. The van der Waals surface area contributed by atoms with Crippen molar-refractivity contribution in [3.63, 3.8) is 0 Å². The van der Waals surface area contributed by atoms with Gasteiger partial charge in [0.15, 0.2) is 6.10 Å². The monoisotopic (exact) mass is 481 g/mol. The first kappa shape index (κ1) is 26.0. The molecule has 3 N–H and O–H groups in total. The molecule has 0 spiro atoms. The lowest BCUT2D eigenvalue weighted by Gasteiger charge is -2.36.